The van der Waals surface area contributed by atoms with Crippen LogP contribution in [0, 0.1) is 0 Å². The molecule has 0 saturated carbocycles. The number of H-pyrrole nitrogens is 1. The van der Waals surface area contributed by atoms with Crippen LogP contribution in [-0.2, 0) is 28.1 Å². The SMILES string of the molecule is COc1ccccc1CN1CC(=O)N2CCc3c([nH]c4ccccc34)C2(C)C1=O. The molecule has 1 unspecified atom stereocenters. The van der Waals surface area contributed by atoms with Crippen molar-refractivity contribution in [2.24, 2.45) is 0 Å². The molecule has 6 nitrogen and oxygen atoms in total. The molecule has 6 heteroatoms. The number of ether oxygens (including phenoxy) is 1. The Bertz CT molecular complexity index is 1140. The zero-order valence-corrected chi connectivity index (χ0v) is 16.6. The van der Waals surface area contributed by atoms with Gasteiger partial charge in [0.15, 0.2) is 5.54 Å². The summed E-state index contributed by atoms with van der Waals surface area (Å²) in [5.41, 5.74) is 2.85. The average Bonchev–Trinajstić information content (AvgIpc) is 3.12. The van der Waals surface area contributed by atoms with Gasteiger partial charge in [-0.15, -0.1) is 0 Å². The molecule has 2 aromatic carbocycles. The molecule has 148 valence electrons. The lowest BCUT2D eigenvalue weighted by molar-refractivity contribution is -0.166. The van der Waals surface area contributed by atoms with Crippen molar-refractivity contribution in [2.75, 3.05) is 20.2 Å². The van der Waals surface area contributed by atoms with Crippen LogP contribution < -0.4 is 4.74 Å². The van der Waals surface area contributed by atoms with Crippen molar-refractivity contribution >= 4 is 22.7 Å². The van der Waals surface area contributed by atoms with Gasteiger partial charge in [-0.05, 0) is 31.0 Å². The van der Waals surface area contributed by atoms with Gasteiger partial charge in [0, 0.05) is 29.6 Å². The number of carbonyl (C=O) groups is 2. The van der Waals surface area contributed by atoms with Crippen molar-refractivity contribution in [1.82, 2.24) is 14.8 Å². The van der Waals surface area contributed by atoms with Crippen molar-refractivity contribution in [3.05, 3.63) is 65.4 Å². The van der Waals surface area contributed by atoms with E-state index in [9.17, 15) is 9.59 Å². The Morgan fingerprint density at radius 1 is 1.10 bits per heavy atom. The van der Waals surface area contributed by atoms with Crippen LogP contribution in [0.1, 0.15) is 23.7 Å². The van der Waals surface area contributed by atoms with E-state index >= 15 is 0 Å². The van der Waals surface area contributed by atoms with Gasteiger partial charge in [-0.25, -0.2) is 0 Å². The first-order valence-corrected chi connectivity index (χ1v) is 9.86. The number of rotatable bonds is 3. The molecule has 1 fully saturated rings. The van der Waals surface area contributed by atoms with Gasteiger partial charge in [0.05, 0.1) is 12.8 Å². The molecule has 2 aliphatic heterocycles. The van der Waals surface area contributed by atoms with Gasteiger partial charge in [0.1, 0.15) is 12.3 Å². The molecule has 1 saturated heterocycles. The molecule has 3 aromatic rings. The minimum atomic E-state index is -1.02. The molecular formula is C23H23N3O3. The number of nitrogens with zero attached hydrogens (tertiary/aromatic N) is 2. The van der Waals surface area contributed by atoms with E-state index in [4.69, 9.17) is 4.74 Å². The van der Waals surface area contributed by atoms with E-state index in [0.29, 0.717) is 13.1 Å². The van der Waals surface area contributed by atoms with E-state index in [1.165, 1.54) is 0 Å². The summed E-state index contributed by atoms with van der Waals surface area (Å²) in [5, 5.41) is 1.13. The maximum atomic E-state index is 13.7. The predicted molar refractivity (Wildman–Crippen MR) is 109 cm³/mol. The lowest BCUT2D eigenvalue weighted by Crippen LogP contribution is -2.66. The van der Waals surface area contributed by atoms with Crippen LogP contribution in [0.5, 0.6) is 5.75 Å². The van der Waals surface area contributed by atoms with Gasteiger partial charge in [0.2, 0.25) is 5.91 Å². The smallest absolute Gasteiger partial charge is 0.255 e. The Kier molecular flexibility index (Phi) is 3.91. The summed E-state index contributed by atoms with van der Waals surface area (Å²) in [7, 11) is 1.61. The summed E-state index contributed by atoms with van der Waals surface area (Å²) in [5.74, 6) is 0.636. The van der Waals surface area contributed by atoms with Crippen LogP contribution in [0.4, 0.5) is 0 Å². The molecule has 1 atom stereocenters. The van der Waals surface area contributed by atoms with Crippen LogP contribution in [0.3, 0.4) is 0 Å². The molecule has 3 heterocycles. The molecule has 2 amide bonds. The van der Waals surface area contributed by atoms with Crippen LogP contribution >= 0.6 is 0 Å². The minimum Gasteiger partial charge on any atom is -0.496 e. The van der Waals surface area contributed by atoms with Crippen molar-refractivity contribution in [3.8, 4) is 5.75 Å². The molecule has 0 aliphatic carbocycles. The first-order chi connectivity index (χ1) is 14.0. The Balaban J connectivity index is 1.59. The largest absolute Gasteiger partial charge is 0.496 e. The second-order valence-electron chi connectivity index (χ2n) is 7.86. The quantitative estimate of drug-likeness (QED) is 0.749. The van der Waals surface area contributed by atoms with Crippen LogP contribution in [0.25, 0.3) is 10.9 Å². The summed E-state index contributed by atoms with van der Waals surface area (Å²) in [6.07, 6.45) is 0.750. The summed E-state index contributed by atoms with van der Waals surface area (Å²) in [6, 6.07) is 15.7. The maximum Gasteiger partial charge on any atom is 0.255 e. The standard InChI is InChI=1S/C23H23N3O3/c1-23-21-17(16-8-4-5-9-18(16)24-21)11-12-26(23)20(27)14-25(22(23)28)13-15-7-3-6-10-19(15)29-2/h3-10,24H,11-14H2,1-2H3. The molecule has 1 aromatic heterocycles. The summed E-state index contributed by atoms with van der Waals surface area (Å²) in [4.78, 5) is 33.6. The molecule has 0 spiro atoms. The molecule has 29 heavy (non-hydrogen) atoms. The van der Waals surface area contributed by atoms with Crippen molar-refractivity contribution in [2.45, 2.75) is 25.4 Å². The number of nitrogens with one attached hydrogen (secondary N) is 1. The third kappa shape index (κ3) is 2.48. The highest BCUT2D eigenvalue weighted by Gasteiger charge is 2.54. The fourth-order valence-electron chi connectivity index (χ4n) is 4.85. The first-order valence-electron chi connectivity index (χ1n) is 9.86. The number of methoxy groups -OCH3 is 1. The third-order valence-electron chi connectivity index (χ3n) is 6.31. The van der Waals surface area contributed by atoms with Gasteiger partial charge in [0.25, 0.3) is 5.91 Å². The molecular weight excluding hydrogens is 366 g/mol. The van der Waals surface area contributed by atoms with Gasteiger partial charge in [-0.1, -0.05) is 36.4 Å². The lowest BCUT2D eigenvalue weighted by atomic mass is 9.83. The minimum absolute atomic E-state index is 0.0219. The summed E-state index contributed by atoms with van der Waals surface area (Å²) >= 11 is 0. The number of hydrogen-bond donors (Lipinski definition) is 1. The Hall–Kier alpha value is -3.28. The van der Waals surface area contributed by atoms with E-state index in [1.54, 1.807) is 16.9 Å². The Morgan fingerprint density at radius 2 is 1.86 bits per heavy atom. The number of piperazine rings is 1. The Morgan fingerprint density at radius 3 is 2.69 bits per heavy atom. The van der Waals surface area contributed by atoms with E-state index in [1.807, 2.05) is 49.4 Å². The highest BCUT2D eigenvalue weighted by atomic mass is 16.5. The normalized spacial score (nSPS) is 21.3. The molecule has 2 aliphatic rings. The number of amides is 2. The van der Waals surface area contributed by atoms with E-state index < -0.39 is 5.54 Å². The van der Waals surface area contributed by atoms with Gasteiger partial charge < -0.3 is 19.5 Å². The number of hydrogen-bond acceptors (Lipinski definition) is 3. The van der Waals surface area contributed by atoms with Crippen molar-refractivity contribution in [3.63, 3.8) is 0 Å². The monoisotopic (exact) mass is 389 g/mol. The van der Waals surface area contributed by atoms with Crippen LogP contribution in [0.2, 0.25) is 0 Å². The van der Waals surface area contributed by atoms with Gasteiger partial charge >= 0.3 is 0 Å². The van der Waals surface area contributed by atoms with E-state index in [0.717, 1.165) is 39.9 Å². The van der Waals surface area contributed by atoms with E-state index in [2.05, 4.69) is 11.1 Å². The van der Waals surface area contributed by atoms with E-state index in [-0.39, 0.29) is 18.4 Å². The van der Waals surface area contributed by atoms with Gasteiger partial charge in [-0.3, -0.25) is 9.59 Å². The first kappa shape index (κ1) is 17.8. The van der Waals surface area contributed by atoms with Crippen molar-refractivity contribution < 1.29 is 14.3 Å². The lowest BCUT2D eigenvalue weighted by Gasteiger charge is -2.49. The van der Waals surface area contributed by atoms with Crippen molar-refractivity contribution in [1.29, 1.82) is 0 Å². The average molecular weight is 389 g/mol. The second-order valence-corrected chi connectivity index (χ2v) is 7.86. The molecule has 1 N–H and O–H groups in total. The molecule has 5 rings (SSSR count). The zero-order valence-electron chi connectivity index (χ0n) is 16.6. The number of carbonyl (C=O) groups excluding carboxylic acids is 2. The summed E-state index contributed by atoms with van der Waals surface area (Å²) in [6.45, 7) is 2.85. The third-order valence-corrected chi connectivity index (χ3v) is 6.31. The molecule has 0 radical (unpaired) electrons. The molecule has 0 bridgehead atoms. The topological polar surface area (TPSA) is 65.6 Å². The highest BCUT2D eigenvalue weighted by molar-refractivity contribution is 6.00. The number of fused-ring (bicyclic) bond motifs is 5. The second kappa shape index (κ2) is 6.37. The fourth-order valence-corrected chi connectivity index (χ4v) is 4.85. The Labute approximate surface area is 169 Å². The van der Waals surface area contributed by atoms with Crippen LogP contribution in [0.15, 0.2) is 48.5 Å². The fraction of sp³-hybridized carbons (Fsp3) is 0.304. The maximum absolute atomic E-state index is 13.7. The predicted octanol–water partition coefficient (Wildman–Crippen LogP) is 2.82. The number of aromatic nitrogens is 1. The van der Waals surface area contributed by atoms with Gasteiger partial charge in [-0.2, -0.15) is 0 Å². The number of benzene rings is 2. The zero-order chi connectivity index (χ0) is 20.2. The number of aromatic amines is 1. The number of para-hydroxylation sites is 2. The highest BCUT2D eigenvalue weighted by Crippen LogP contribution is 2.42. The van der Waals surface area contributed by atoms with Crippen LogP contribution in [-0.4, -0.2) is 46.8 Å². The summed E-state index contributed by atoms with van der Waals surface area (Å²) < 4.78 is 5.44.